The fourth-order valence-corrected chi connectivity index (χ4v) is 4.44. The highest BCUT2D eigenvalue weighted by Crippen LogP contribution is 2.32. The van der Waals surface area contributed by atoms with E-state index in [0.717, 1.165) is 0 Å². The summed E-state index contributed by atoms with van der Waals surface area (Å²) in [5, 5.41) is 9.63. The molecule has 1 atom stereocenters. The number of allylic oxidation sites excluding steroid dienone is 3. The maximum Gasteiger partial charge on any atom is 0.353 e. The first kappa shape index (κ1) is 15.3. The van der Waals surface area contributed by atoms with E-state index in [1.807, 2.05) is 0 Å². The number of nitrogens with zero attached hydrogens (tertiary/aromatic N) is 1. The molecule has 0 saturated carbocycles. The molecule has 2 aromatic rings. The molecule has 0 saturated heterocycles. The molecule has 0 aliphatic heterocycles. The number of pyridine rings is 1. The van der Waals surface area contributed by atoms with Crippen molar-refractivity contribution < 1.29 is 18.3 Å². The minimum Gasteiger partial charge on any atom is -0.477 e. The molecule has 7 nitrogen and oxygen atoms in total. The summed E-state index contributed by atoms with van der Waals surface area (Å²) in [6.45, 7) is 1.50. The SMILES string of the molecule is CC1(S(=O)(=O)n2c(C(=O)O)cc3cc[nH]c(=O)c32)C=CC=CC1. The molecule has 120 valence electrons. The summed E-state index contributed by atoms with van der Waals surface area (Å²) < 4.78 is 25.6. The molecule has 8 heteroatoms. The highest BCUT2D eigenvalue weighted by atomic mass is 32.2. The molecule has 0 radical (unpaired) electrons. The van der Waals surface area contributed by atoms with Crippen molar-refractivity contribution in [2.24, 2.45) is 0 Å². The van der Waals surface area contributed by atoms with Crippen LogP contribution in [0, 0.1) is 0 Å². The van der Waals surface area contributed by atoms with E-state index in [0.29, 0.717) is 3.97 Å². The van der Waals surface area contributed by atoms with Gasteiger partial charge in [-0.05, 0) is 25.5 Å². The Bertz CT molecular complexity index is 1030. The fourth-order valence-electron chi connectivity index (χ4n) is 2.64. The van der Waals surface area contributed by atoms with Crippen LogP contribution in [0.2, 0.25) is 0 Å². The van der Waals surface area contributed by atoms with E-state index in [4.69, 9.17) is 0 Å². The lowest BCUT2D eigenvalue weighted by Gasteiger charge is -2.27. The van der Waals surface area contributed by atoms with Crippen LogP contribution in [0.3, 0.4) is 0 Å². The first-order chi connectivity index (χ1) is 10.8. The van der Waals surface area contributed by atoms with Gasteiger partial charge in [-0.1, -0.05) is 24.3 Å². The van der Waals surface area contributed by atoms with Crippen LogP contribution in [0.4, 0.5) is 0 Å². The highest BCUT2D eigenvalue weighted by Gasteiger charge is 2.41. The number of aromatic amines is 1. The smallest absolute Gasteiger partial charge is 0.353 e. The molecular formula is C15H14N2O5S. The van der Waals surface area contributed by atoms with Gasteiger partial charge in [0.2, 0.25) is 10.0 Å². The van der Waals surface area contributed by atoms with Crippen LogP contribution < -0.4 is 5.56 Å². The summed E-state index contributed by atoms with van der Waals surface area (Å²) in [7, 11) is -4.17. The number of fused-ring (bicyclic) bond motifs is 1. The summed E-state index contributed by atoms with van der Waals surface area (Å²) in [5.74, 6) is -1.41. The van der Waals surface area contributed by atoms with Crippen molar-refractivity contribution in [1.29, 1.82) is 0 Å². The topological polar surface area (TPSA) is 109 Å². The Morgan fingerprint density at radius 3 is 2.74 bits per heavy atom. The van der Waals surface area contributed by atoms with E-state index in [9.17, 15) is 23.1 Å². The van der Waals surface area contributed by atoms with Gasteiger partial charge in [0, 0.05) is 11.6 Å². The van der Waals surface area contributed by atoms with Gasteiger partial charge in [0.25, 0.3) is 5.56 Å². The molecule has 0 aromatic carbocycles. The number of hydrogen-bond donors (Lipinski definition) is 2. The van der Waals surface area contributed by atoms with Crippen molar-refractivity contribution in [3.63, 3.8) is 0 Å². The van der Waals surface area contributed by atoms with Crippen molar-refractivity contribution in [1.82, 2.24) is 8.96 Å². The van der Waals surface area contributed by atoms with Gasteiger partial charge in [-0.2, -0.15) is 0 Å². The maximum absolute atomic E-state index is 13.1. The second-order valence-corrected chi connectivity index (χ2v) is 7.77. The van der Waals surface area contributed by atoms with Crippen LogP contribution in [0.5, 0.6) is 0 Å². The zero-order chi connectivity index (χ0) is 16.8. The molecule has 1 aliphatic carbocycles. The van der Waals surface area contributed by atoms with Crippen molar-refractivity contribution in [2.75, 3.05) is 0 Å². The molecular weight excluding hydrogens is 320 g/mol. The van der Waals surface area contributed by atoms with Gasteiger partial charge in [-0.25, -0.2) is 17.2 Å². The third kappa shape index (κ3) is 2.14. The first-order valence-corrected chi connectivity index (χ1v) is 8.28. The number of H-pyrrole nitrogens is 1. The Morgan fingerprint density at radius 2 is 2.13 bits per heavy atom. The van der Waals surface area contributed by atoms with Crippen molar-refractivity contribution >= 4 is 26.9 Å². The average molecular weight is 334 g/mol. The summed E-state index contributed by atoms with van der Waals surface area (Å²) in [6, 6.07) is 2.66. The number of carbonyl (C=O) groups is 1. The van der Waals surface area contributed by atoms with Crippen molar-refractivity contribution in [3.05, 3.63) is 58.7 Å². The van der Waals surface area contributed by atoms with Crippen LogP contribution in [0.1, 0.15) is 23.8 Å². The van der Waals surface area contributed by atoms with Gasteiger partial charge in [-0.15, -0.1) is 0 Å². The third-order valence-corrected chi connectivity index (χ3v) is 6.29. The number of hydrogen-bond acceptors (Lipinski definition) is 4. The Morgan fingerprint density at radius 1 is 1.39 bits per heavy atom. The second kappa shape index (κ2) is 4.95. The molecule has 23 heavy (non-hydrogen) atoms. The number of nitrogens with one attached hydrogen (secondary N) is 1. The quantitative estimate of drug-likeness (QED) is 0.883. The van der Waals surface area contributed by atoms with E-state index in [2.05, 4.69) is 4.98 Å². The van der Waals surface area contributed by atoms with Crippen molar-refractivity contribution in [2.45, 2.75) is 18.1 Å². The molecule has 2 N–H and O–H groups in total. The van der Waals surface area contributed by atoms with Crippen LogP contribution in [-0.2, 0) is 10.0 Å². The molecule has 1 unspecified atom stereocenters. The summed E-state index contributed by atoms with van der Waals surface area (Å²) in [4.78, 5) is 26.0. The lowest BCUT2D eigenvalue weighted by molar-refractivity contribution is 0.0689. The highest BCUT2D eigenvalue weighted by molar-refractivity contribution is 7.91. The zero-order valence-corrected chi connectivity index (χ0v) is 13.0. The van der Waals surface area contributed by atoms with E-state index < -0.39 is 32.0 Å². The van der Waals surface area contributed by atoms with E-state index in [1.165, 1.54) is 31.3 Å². The van der Waals surface area contributed by atoms with Gasteiger partial charge in [0.1, 0.15) is 16.0 Å². The van der Waals surface area contributed by atoms with Gasteiger partial charge in [0.05, 0.1) is 0 Å². The minimum atomic E-state index is -4.17. The lowest BCUT2D eigenvalue weighted by Crippen LogP contribution is -2.40. The van der Waals surface area contributed by atoms with E-state index in [-0.39, 0.29) is 17.3 Å². The number of aromatic carboxylic acids is 1. The van der Waals surface area contributed by atoms with Crippen molar-refractivity contribution in [3.8, 4) is 0 Å². The zero-order valence-electron chi connectivity index (χ0n) is 12.2. The summed E-state index contributed by atoms with van der Waals surface area (Å²) in [6.07, 6.45) is 8.03. The number of carboxylic acids is 1. The molecule has 0 bridgehead atoms. The molecule has 0 spiro atoms. The Hall–Kier alpha value is -2.61. The van der Waals surface area contributed by atoms with Gasteiger partial charge < -0.3 is 10.1 Å². The molecule has 3 rings (SSSR count). The Labute approximate surface area is 131 Å². The van der Waals surface area contributed by atoms with Crippen LogP contribution in [-0.4, -0.2) is 33.2 Å². The molecule has 1 aliphatic rings. The predicted octanol–water partition coefficient (Wildman–Crippen LogP) is 1.48. The Balaban J connectivity index is 2.41. The summed E-state index contributed by atoms with van der Waals surface area (Å²) >= 11 is 0. The predicted molar refractivity (Wildman–Crippen MR) is 85.1 cm³/mol. The monoisotopic (exact) mass is 334 g/mol. The van der Waals surface area contributed by atoms with Gasteiger partial charge >= 0.3 is 5.97 Å². The number of aromatic nitrogens is 2. The standard InChI is InChI=1S/C15H14N2O5S/c1-15(6-3-2-4-7-15)23(21,22)17-11(14(19)20)9-10-5-8-16-13(18)12(10)17/h2-6,8-9H,7H2,1H3,(H,16,18)(H,19,20). The van der Waals surface area contributed by atoms with Crippen LogP contribution in [0.15, 0.2) is 47.4 Å². The van der Waals surface area contributed by atoms with Gasteiger partial charge in [-0.3, -0.25) is 4.79 Å². The largest absolute Gasteiger partial charge is 0.477 e. The van der Waals surface area contributed by atoms with E-state index in [1.54, 1.807) is 18.2 Å². The van der Waals surface area contributed by atoms with Crippen LogP contribution >= 0.6 is 0 Å². The Kier molecular flexibility index (Phi) is 3.29. The fraction of sp³-hybridized carbons (Fsp3) is 0.200. The normalized spacial score (nSPS) is 20.9. The van der Waals surface area contributed by atoms with E-state index >= 15 is 0 Å². The molecule has 2 heterocycles. The first-order valence-electron chi connectivity index (χ1n) is 6.84. The molecule has 2 aromatic heterocycles. The maximum atomic E-state index is 13.1. The lowest BCUT2D eigenvalue weighted by atomic mass is 10.0. The third-order valence-electron chi connectivity index (χ3n) is 3.95. The average Bonchev–Trinajstić information content (AvgIpc) is 2.89. The minimum absolute atomic E-state index is 0.186. The number of rotatable bonds is 3. The summed E-state index contributed by atoms with van der Waals surface area (Å²) in [5.41, 5.74) is -1.30. The van der Waals surface area contributed by atoms with Crippen LogP contribution in [0.25, 0.3) is 10.9 Å². The molecule has 0 fully saturated rings. The second-order valence-electron chi connectivity index (χ2n) is 5.52. The van der Waals surface area contributed by atoms with Gasteiger partial charge in [0.15, 0.2) is 0 Å². The molecule has 0 amide bonds. The number of carboxylic acid groups (broad SMARTS) is 1.